The zero-order chi connectivity index (χ0) is 17.7. The van der Waals surface area contributed by atoms with Crippen molar-refractivity contribution in [3.63, 3.8) is 0 Å². The first-order valence-corrected chi connectivity index (χ1v) is 7.25. The summed E-state index contributed by atoms with van der Waals surface area (Å²) in [4.78, 5) is 12.3. The van der Waals surface area contributed by atoms with E-state index in [-0.39, 0.29) is 23.5 Å². The van der Waals surface area contributed by atoms with Crippen LogP contribution in [-0.4, -0.2) is 43.1 Å². The first kappa shape index (κ1) is 17.8. The number of carbonyl (C=O) groups excluding carboxylic acids is 1. The van der Waals surface area contributed by atoms with E-state index < -0.39 is 11.6 Å². The van der Waals surface area contributed by atoms with Crippen LogP contribution in [0.25, 0.3) is 6.08 Å². The summed E-state index contributed by atoms with van der Waals surface area (Å²) in [5.41, 5.74) is 0.791. The molecule has 6 nitrogen and oxygen atoms in total. The van der Waals surface area contributed by atoms with Gasteiger partial charge in [0.25, 0.3) is 0 Å². The molecule has 1 atom stereocenters. The fraction of sp³-hybridized carbons (Fsp3) is 0.278. The van der Waals surface area contributed by atoms with Gasteiger partial charge in [-0.05, 0) is 23.8 Å². The van der Waals surface area contributed by atoms with E-state index in [0.717, 1.165) is 5.56 Å². The number of Topliss-reactive ketones (excluding diaryl/α,β-unsaturated/α-hetero) is 1. The topological polar surface area (TPSA) is 85.2 Å². The first-order chi connectivity index (χ1) is 11.4. The minimum absolute atomic E-state index is 0.00151. The van der Waals surface area contributed by atoms with Crippen LogP contribution in [0.3, 0.4) is 0 Å². The molecule has 0 spiro atoms. The van der Waals surface area contributed by atoms with Gasteiger partial charge < -0.3 is 24.4 Å². The van der Waals surface area contributed by atoms with Crippen molar-refractivity contribution in [1.29, 1.82) is 0 Å². The lowest BCUT2D eigenvalue weighted by Gasteiger charge is -2.28. The molecule has 0 heterocycles. The highest BCUT2D eigenvalue weighted by Gasteiger charge is 2.38. The van der Waals surface area contributed by atoms with E-state index in [1.165, 1.54) is 26.4 Å². The summed E-state index contributed by atoms with van der Waals surface area (Å²) in [6, 6.07) is 7.23. The monoisotopic (exact) mass is 332 g/mol. The molecule has 0 saturated carbocycles. The molecular weight excluding hydrogens is 312 g/mol. The van der Waals surface area contributed by atoms with Gasteiger partial charge in [-0.3, -0.25) is 4.79 Å². The van der Waals surface area contributed by atoms with E-state index in [4.69, 9.17) is 14.2 Å². The summed E-state index contributed by atoms with van der Waals surface area (Å²) in [7, 11) is 4.20. The number of ether oxygens (including phenoxy) is 3. The third-order valence-corrected chi connectivity index (χ3v) is 3.65. The summed E-state index contributed by atoms with van der Waals surface area (Å²) < 4.78 is 15.1. The molecule has 1 unspecified atom stereocenters. The Kier molecular flexibility index (Phi) is 5.43. The number of ketones is 1. The van der Waals surface area contributed by atoms with E-state index in [1.54, 1.807) is 25.3 Å². The Morgan fingerprint density at radius 3 is 2.62 bits per heavy atom. The predicted octanol–water partition coefficient (Wildman–Crippen LogP) is 2.36. The normalized spacial score (nSPS) is 23.2. The first-order valence-electron chi connectivity index (χ1n) is 7.25. The molecule has 0 radical (unpaired) electrons. The fourth-order valence-corrected chi connectivity index (χ4v) is 2.35. The molecule has 1 aromatic rings. The molecule has 2 rings (SSSR count). The number of aliphatic hydroxyl groups excluding tert-OH is 1. The van der Waals surface area contributed by atoms with Gasteiger partial charge >= 0.3 is 0 Å². The highest BCUT2D eigenvalue weighted by Crippen LogP contribution is 2.31. The minimum Gasteiger partial charge on any atom is -0.507 e. The third-order valence-electron chi connectivity index (χ3n) is 3.65. The number of hydrogen-bond acceptors (Lipinski definition) is 6. The van der Waals surface area contributed by atoms with Gasteiger partial charge in [0.2, 0.25) is 0 Å². The van der Waals surface area contributed by atoms with Crippen LogP contribution < -0.4 is 4.74 Å². The summed E-state index contributed by atoms with van der Waals surface area (Å²) in [6.07, 6.45) is 4.00. The van der Waals surface area contributed by atoms with Crippen molar-refractivity contribution in [2.75, 3.05) is 21.3 Å². The fourth-order valence-electron chi connectivity index (χ4n) is 2.35. The summed E-state index contributed by atoms with van der Waals surface area (Å²) in [6.45, 7) is 0. The number of carbonyl (C=O) groups is 1. The lowest BCUT2D eigenvalue weighted by Crippen LogP contribution is -2.37. The van der Waals surface area contributed by atoms with Crippen LogP contribution in [0.1, 0.15) is 12.0 Å². The van der Waals surface area contributed by atoms with Crippen LogP contribution in [0.5, 0.6) is 5.75 Å². The van der Waals surface area contributed by atoms with Crippen LogP contribution in [-0.2, 0) is 14.3 Å². The lowest BCUT2D eigenvalue weighted by atomic mass is 9.92. The number of aliphatic hydroxyl groups is 2. The van der Waals surface area contributed by atoms with E-state index in [2.05, 4.69) is 0 Å². The zero-order valence-electron chi connectivity index (χ0n) is 13.8. The van der Waals surface area contributed by atoms with E-state index in [9.17, 15) is 15.0 Å². The van der Waals surface area contributed by atoms with Crippen molar-refractivity contribution in [2.45, 2.75) is 12.2 Å². The van der Waals surface area contributed by atoms with Crippen molar-refractivity contribution in [1.82, 2.24) is 0 Å². The predicted molar refractivity (Wildman–Crippen MR) is 88.4 cm³/mol. The van der Waals surface area contributed by atoms with Gasteiger partial charge in [-0.15, -0.1) is 0 Å². The SMILES string of the molecule is COC1=CC(O)(OC)CC(=O)C1=C(O)C=Cc1cccc(OC)c1. The molecule has 1 aromatic carbocycles. The second-order valence-corrected chi connectivity index (χ2v) is 5.23. The standard InChI is InChI=1S/C18H20O6/c1-22-13-6-4-5-12(9-13)7-8-14(19)17-15(20)10-18(21,24-3)11-16(17)23-2/h4-9,11,19,21H,10H2,1-3H3. The van der Waals surface area contributed by atoms with Crippen LogP contribution >= 0.6 is 0 Å². The molecule has 128 valence electrons. The number of methoxy groups -OCH3 is 3. The molecule has 0 amide bonds. The Morgan fingerprint density at radius 1 is 1.25 bits per heavy atom. The third kappa shape index (κ3) is 3.84. The van der Waals surface area contributed by atoms with Crippen LogP contribution in [0.4, 0.5) is 0 Å². The van der Waals surface area contributed by atoms with Gasteiger partial charge in [-0.1, -0.05) is 18.2 Å². The van der Waals surface area contributed by atoms with Crippen LogP contribution in [0.15, 0.2) is 53.5 Å². The maximum Gasteiger partial charge on any atom is 0.196 e. The molecule has 0 aliphatic heterocycles. The second-order valence-electron chi connectivity index (χ2n) is 5.23. The molecule has 1 aliphatic rings. The Morgan fingerprint density at radius 2 is 2.00 bits per heavy atom. The zero-order valence-corrected chi connectivity index (χ0v) is 13.8. The molecule has 6 heteroatoms. The molecule has 24 heavy (non-hydrogen) atoms. The summed E-state index contributed by atoms with van der Waals surface area (Å²) in [5, 5.41) is 20.4. The maximum absolute atomic E-state index is 12.3. The van der Waals surface area contributed by atoms with Crippen molar-refractivity contribution < 1.29 is 29.2 Å². The van der Waals surface area contributed by atoms with Gasteiger partial charge in [0, 0.05) is 13.2 Å². The average Bonchev–Trinajstić information content (AvgIpc) is 2.59. The van der Waals surface area contributed by atoms with Crippen molar-refractivity contribution in [3.8, 4) is 5.75 Å². The number of benzene rings is 1. The lowest BCUT2D eigenvalue weighted by molar-refractivity contribution is -0.162. The number of rotatable bonds is 5. The Bertz CT molecular complexity index is 716. The quantitative estimate of drug-likeness (QED) is 0.489. The van der Waals surface area contributed by atoms with Gasteiger partial charge in [-0.25, -0.2) is 0 Å². The van der Waals surface area contributed by atoms with Gasteiger partial charge in [-0.2, -0.15) is 0 Å². The van der Waals surface area contributed by atoms with Gasteiger partial charge in [0.15, 0.2) is 11.6 Å². The summed E-state index contributed by atoms with van der Waals surface area (Å²) >= 11 is 0. The summed E-state index contributed by atoms with van der Waals surface area (Å²) in [5.74, 6) is -1.73. The minimum atomic E-state index is -1.73. The maximum atomic E-state index is 12.3. The Hall–Kier alpha value is -2.57. The number of allylic oxidation sites excluding steroid dienone is 2. The molecule has 2 N–H and O–H groups in total. The molecule has 0 fully saturated rings. The number of hydrogen-bond donors (Lipinski definition) is 2. The van der Waals surface area contributed by atoms with Crippen molar-refractivity contribution in [3.05, 3.63) is 59.1 Å². The smallest absolute Gasteiger partial charge is 0.196 e. The van der Waals surface area contributed by atoms with E-state index in [1.807, 2.05) is 12.1 Å². The molecule has 1 aliphatic carbocycles. The highest BCUT2D eigenvalue weighted by atomic mass is 16.6. The Balaban J connectivity index is 2.37. The molecular formula is C18H20O6. The second kappa shape index (κ2) is 7.33. The van der Waals surface area contributed by atoms with Gasteiger partial charge in [0.1, 0.15) is 22.8 Å². The van der Waals surface area contributed by atoms with E-state index >= 15 is 0 Å². The Labute approximate surface area is 140 Å². The van der Waals surface area contributed by atoms with Crippen molar-refractivity contribution in [2.24, 2.45) is 0 Å². The van der Waals surface area contributed by atoms with Crippen molar-refractivity contribution >= 4 is 11.9 Å². The molecule has 0 bridgehead atoms. The largest absolute Gasteiger partial charge is 0.507 e. The highest BCUT2D eigenvalue weighted by molar-refractivity contribution is 6.01. The van der Waals surface area contributed by atoms with E-state index in [0.29, 0.717) is 5.75 Å². The molecule has 0 saturated heterocycles. The van der Waals surface area contributed by atoms with Crippen LogP contribution in [0, 0.1) is 0 Å². The average molecular weight is 332 g/mol. The van der Waals surface area contributed by atoms with Crippen LogP contribution in [0.2, 0.25) is 0 Å². The van der Waals surface area contributed by atoms with Gasteiger partial charge in [0.05, 0.1) is 20.6 Å². The molecule has 0 aromatic heterocycles.